The summed E-state index contributed by atoms with van der Waals surface area (Å²) in [7, 11) is 0. The summed E-state index contributed by atoms with van der Waals surface area (Å²) in [5, 5.41) is 1.63. The number of aliphatic imine (C=N–C) groups is 1. The Kier molecular flexibility index (Phi) is 8.79. The van der Waals surface area contributed by atoms with Crippen molar-refractivity contribution in [1.82, 2.24) is 0 Å². The third-order valence-electron chi connectivity index (χ3n) is 5.54. The second-order valence-corrected chi connectivity index (χ2v) is 12.0. The lowest BCUT2D eigenvalue weighted by Crippen LogP contribution is -2.28. The summed E-state index contributed by atoms with van der Waals surface area (Å²) in [6, 6.07) is 24.0. The van der Waals surface area contributed by atoms with Gasteiger partial charge in [0.15, 0.2) is 5.17 Å². The molecule has 1 aliphatic rings. The monoisotopic (exact) mass is 704 g/mol. The fourth-order valence-corrected chi connectivity index (χ4v) is 6.37. The number of nitrogens with zero attached hydrogens (tertiary/aromatic N) is 2. The highest BCUT2D eigenvalue weighted by atomic mass is 79.9. The summed E-state index contributed by atoms with van der Waals surface area (Å²) in [6.07, 6.45) is 1.76. The molecule has 196 valence electrons. The molecule has 0 aromatic heterocycles. The van der Waals surface area contributed by atoms with E-state index in [9.17, 15) is 9.18 Å². The van der Waals surface area contributed by atoms with Crippen LogP contribution in [0.4, 0.5) is 15.8 Å². The average molecular weight is 707 g/mol. The first kappa shape index (κ1) is 27.9. The molecule has 4 nitrogen and oxygen atoms in total. The molecular weight excluding hydrogens is 690 g/mol. The van der Waals surface area contributed by atoms with E-state index < -0.39 is 0 Å². The van der Waals surface area contributed by atoms with E-state index in [-0.39, 0.29) is 18.3 Å². The van der Waals surface area contributed by atoms with E-state index in [1.807, 2.05) is 12.1 Å². The van der Waals surface area contributed by atoms with Crippen LogP contribution in [0.1, 0.15) is 11.1 Å². The summed E-state index contributed by atoms with van der Waals surface area (Å²) >= 11 is 20.5. The molecule has 0 radical (unpaired) electrons. The second-order valence-electron chi connectivity index (χ2n) is 8.32. The molecular formula is C29H17Br2Cl2FN2O2S. The fourth-order valence-electron chi connectivity index (χ4n) is 3.76. The van der Waals surface area contributed by atoms with Gasteiger partial charge in [-0.25, -0.2) is 9.38 Å². The largest absolute Gasteiger partial charge is 0.487 e. The number of amides is 1. The molecule has 5 rings (SSSR count). The van der Waals surface area contributed by atoms with Gasteiger partial charge >= 0.3 is 0 Å². The number of rotatable bonds is 6. The van der Waals surface area contributed by atoms with E-state index in [0.29, 0.717) is 52.8 Å². The third kappa shape index (κ3) is 6.76. The van der Waals surface area contributed by atoms with Crippen LogP contribution in [0.5, 0.6) is 5.75 Å². The van der Waals surface area contributed by atoms with E-state index in [1.54, 1.807) is 71.6 Å². The Balaban J connectivity index is 1.53. The van der Waals surface area contributed by atoms with Crippen molar-refractivity contribution >= 4 is 95.3 Å². The Morgan fingerprint density at radius 1 is 0.949 bits per heavy atom. The Morgan fingerprint density at radius 2 is 1.64 bits per heavy atom. The molecule has 10 heteroatoms. The highest BCUT2D eigenvalue weighted by Crippen LogP contribution is 2.41. The van der Waals surface area contributed by atoms with E-state index in [4.69, 9.17) is 32.9 Å². The molecule has 1 fully saturated rings. The van der Waals surface area contributed by atoms with Crippen LogP contribution < -0.4 is 9.64 Å². The maximum absolute atomic E-state index is 13.7. The Bertz CT molecular complexity index is 1610. The Hall–Kier alpha value is -2.62. The lowest BCUT2D eigenvalue weighted by molar-refractivity contribution is -0.113. The fraction of sp³-hybridized carbons (Fsp3) is 0.0345. The van der Waals surface area contributed by atoms with E-state index in [0.717, 1.165) is 4.47 Å². The third-order valence-corrected chi connectivity index (χ3v) is 8.06. The van der Waals surface area contributed by atoms with Crippen LogP contribution in [0.2, 0.25) is 10.0 Å². The first-order valence-corrected chi connectivity index (χ1v) is 14.6. The molecule has 1 saturated heterocycles. The van der Waals surface area contributed by atoms with Gasteiger partial charge in [-0.1, -0.05) is 51.3 Å². The normalized spacial score (nSPS) is 15.4. The lowest BCUT2D eigenvalue weighted by atomic mass is 10.1. The SMILES string of the molecule is O=C1/C(=C/c2cc(Br)cc(Br)c2OCc2cccc(F)c2)SC(=Nc2ccc(Cl)cc2)N1c1ccc(Cl)cc1. The number of hydrogen-bond donors (Lipinski definition) is 0. The minimum Gasteiger partial charge on any atom is -0.487 e. The van der Waals surface area contributed by atoms with Gasteiger partial charge in [-0.05, 0) is 112 Å². The number of halogens is 5. The van der Waals surface area contributed by atoms with Gasteiger partial charge in [0.25, 0.3) is 5.91 Å². The molecule has 4 aromatic carbocycles. The predicted molar refractivity (Wildman–Crippen MR) is 166 cm³/mol. The van der Waals surface area contributed by atoms with Crippen LogP contribution in [-0.4, -0.2) is 11.1 Å². The summed E-state index contributed by atoms with van der Waals surface area (Å²) in [4.78, 5) is 20.5. The van der Waals surface area contributed by atoms with E-state index in [2.05, 4.69) is 31.9 Å². The number of ether oxygens (including phenoxy) is 1. The molecule has 39 heavy (non-hydrogen) atoms. The number of amidine groups is 1. The van der Waals surface area contributed by atoms with Crippen molar-refractivity contribution in [1.29, 1.82) is 0 Å². The maximum Gasteiger partial charge on any atom is 0.271 e. The molecule has 0 bridgehead atoms. The van der Waals surface area contributed by atoms with Crippen LogP contribution in [-0.2, 0) is 11.4 Å². The summed E-state index contributed by atoms with van der Waals surface area (Å²) in [6.45, 7) is 0.148. The van der Waals surface area contributed by atoms with Crippen molar-refractivity contribution in [3.05, 3.63) is 126 Å². The first-order chi connectivity index (χ1) is 18.8. The first-order valence-electron chi connectivity index (χ1n) is 11.5. The molecule has 0 N–H and O–H groups in total. The number of carbonyl (C=O) groups is 1. The van der Waals surface area contributed by atoms with Crippen molar-refractivity contribution in [2.45, 2.75) is 6.61 Å². The zero-order valence-corrected chi connectivity index (χ0v) is 25.4. The number of carbonyl (C=O) groups excluding carboxylic acids is 1. The van der Waals surface area contributed by atoms with Crippen LogP contribution in [0.25, 0.3) is 6.08 Å². The smallest absolute Gasteiger partial charge is 0.271 e. The molecule has 1 aliphatic heterocycles. The van der Waals surface area contributed by atoms with Crippen LogP contribution in [0.3, 0.4) is 0 Å². The van der Waals surface area contributed by atoms with Crippen molar-refractivity contribution in [3.8, 4) is 5.75 Å². The van der Waals surface area contributed by atoms with Gasteiger partial charge < -0.3 is 4.74 Å². The van der Waals surface area contributed by atoms with E-state index in [1.165, 1.54) is 23.9 Å². The second kappa shape index (κ2) is 12.3. The summed E-state index contributed by atoms with van der Waals surface area (Å²) in [5.41, 5.74) is 2.62. The molecule has 1 amide bonds. The zero-order valence-electron chi connectivity index (χ0n) is 19.9. The van der Waals surface area contributed by atoms with Crippen molar-refractivity contribution in [2.24, 2.45) is 4.99 Å². The average Bonchev–Trinajstić information content (AvgIpc) is 3.19. The van der Waals surface area contributed by atoms with Gasteiger partial charge in [0, 0.05) is 20.1 Å². The molecule has 0 unspecified atom stereocenters. The van der Waals surface area contributed by atoms with Gasteiger partial charge in [-0.2, -0.15) is 0 Å². The molecule has 0 spiro atoms. The van der Waals surface area contributed by atoms with Crippen molar-refractivity contribution < 1.29 is 13.9 Å². The lowest BCUT2D eigenvalue weighted by Gasteiger charge is -2.16. The quantitative estimate of drug-likeness (QED) is 0.188. The van der Waals surface area contributed by atoms with Crippen molar-refractivity contribution in [3.63, 3.8) is 0 Å². The highest BCUT2D eigenvalue weighted by molar-refractivity contribution is 9.11. The maximum atomic E-state index is 13.7. The Morgan fingerprint density at radius 3 is 2.33 bits per heavy atom. The molecule has 4 aromatic rings. The Labute approximate surface area is 255 Å². The van der Waals surface area contributed by atoms with E-state index >= 15 is 0 Å². The predicted octanol–water partition coefficient (Wildman–Crippen LogP) is 10.0. The van der Waals surface area contributed by atoms with Gasteiger partial charge in [0.1, 0.15) is 18.2 Å². The summed E-state index contributed by atoms with van der Waals surface area (Å²) < 4.78 is 21.2. The minimum absolute atomic E-state index is 0.148. The number of benzene rings is 4. The number of hydrogen-bond acceptors (Lipinski definition) is 4. The van der Waals surface area contributed by atoms with Gasteiger partial charge in [-0.15, -0.1) is 0 Å². The number of anilines is 1. The number of thioether (sulfide) groups is 1. The zero-order chi connectivity index (χ0) is 27.5. The topological polar surface area (TPSA) is 41.9 Å². The standard InChI is InChI=1S/C29H17Br2Cl2FN2O2S/c30-19-13-18(27(25(31)15-19)38-16-17-2-1-3-22(34)12-17)14-26-28(37)36(24-10-6-21(33)7-11-24)29(39-26)35-23-8-4-20(32)5-9-23/h1-15H,16H2/b26-14-,35-29?. The van der Waals surface area contributed by atoms with Gasteiger partial charge in [-0.3, -0.25) is 9.69 Å². The highest BCUT2D eigenvalue weighted by Gasteiger charge is 2.35. The molecule has 1 heterocycles. The van der Waals surface area contributed by atoms with Crippen LogP contribution >= 0.6 is 66.8 Å². The minimum atomic E-state index is -0.337. The van der Waals surface area contributed by atoms with Gasteiger partial charge in [0.2, 0.25) is 0 Å². The summed E-state index contributed by atoms with van der Waals surface area (Å²) in [5.74, 6) is -0.0669. The van der Waals surface area contributed by atoms with Crippen molar-refractivity contribution in [2.75, 3.05) is 4.90 Å². The molecule has 0 saturated carbocycles. The molecule has 0 atom stereocenters. The van der Waals surface area contributed by atoms with Crippen LogP contribution in [0.15, 0.2) is 104 Å². The van der Waals surface area contributed by atoms with Crippen LogP contribution in [0, 0.1) is 5.82 Å². The molecule has 0 aliphatic carbocycles. The van der Waals surface area contributed by atoms with Gasteiger partial charge in [0.05, 0.1) is 20.8 Å².